The molecule has 0 spiro atoms. The second-order valence-electron chi connectivity index (χ2n) is 6.97. The lowest BCUT2D eigenvalue weighted by atomic mass is 9.72. The van der Waals surface area contributed by atoms with Gasteiger partial charge in [-0.05, 0) is 25.0 Å². The number of aromatic nitrogens is 1. The number of likely N-dealkylation sites (tertiary alicyclic amines) is 1. The van der Waals surface area contributed by atoms with Crippen molar-refractivity contribution >= 4 is 11.7 Å². The largest absolute Gasteiger partial charge is 0.433 e. The third-order valence-corrected chi connectivity index (χ3v) is 4.60. The minimum absolute atomic E-state index is 0.0187. The molecule has 2 aliphatic heterocycles. The summed E-state index contributed by atoms with van der Waals surface area (Å²) in [4.78, 5) is 17.5. The third kappa shape index (κ3) is 3.19. The van der Waals surface area contributed by atoms with E-state index < -0.39 is 11.9 Å². The molecule has 2 aliphatic rings. The van der Waals surface area contributed by atoms with Gasteiger partial charge in [0.15, 0.2) is 0 Å². The van der Waals surface area contributed by atoms with Crippen LogP contribution in [0.3, 0.4) is 0 Å². The van der Waals surface area contributed by atoms with Gasteiger partial charge in [0.1, 0.15) is 5.69 Å². The summed E-state index contributed by atoms with van der Waals surface area (Å²) < 4.78 is 43.3. The van der Waals surface area contributed by atoms with E-state index in [0.29, 0.717) is 13.2 Å². The number of pyridine rings is 1. The minimum atomic E-state index is -4.49. The maximum absolute atomic E-state index is 12.5. The molecule has 2 unspecified atom stereocenters. The van der Waals surface area contributed by atoms with E-state index in [1.807, 2.05) is 0 Å². The number of nitrogens with zero attached hydrogens (tertiary/aromatic N) is 2. The number of alkyl halides is 3. The molecular formula is C16H20F3N3O2. The Labute approximate surface area is 138 Å². The molecule has 0 saturated carbocycles. The maximum atomic E-state index is 12.5. The summed E-state index contributed by atoms with van der Waals surface area (Å²) in [5.74, 6) is 0. The molecule has 132 valence electrons. The van der Waals surface area contributed by atoms with Gasteiger partial charge in [-0.3, -0.25) is 0 Å². The summed E-state index contributed by atoms with van der Waals surface area (Å²) in [6.45, 7) is 5.46. The second-order valence-corrected chi connectivity index (χ2v) is 6.97. The highest BCUT2D eigenvalue weighted by Gasteiger charge is 2.52. The number of nitrogens with one attached hydrogen (secondary N) is 1. The molecule has 3 rings (SSSR count). The fraction of sp³-hybridized carbons (Fsp3) is 0.625. The van der Waals surface area contributed by atoms with Crippen LogP contribution in [-0.2, 0) is 10.9 Å². The van der Waals surface area contributed by atoms with Gasteiger partial charge < -0.3 is 15.0 Å². The summed E-state index contributed by atoms with van der Waals surface area (Å²) in [6, 6.07) is 1.70. The zero-order valence-electron chi connectivity index (χ0n) is 13.6. The number of amides is 2. The Morgan fingerprint density at radius 3 is 2.67 bits per heavy atom. The van der Waals surface area contributed by atoms with Crippen LogP contribution in [0.1, 0.15) is 32.4 Å². The molecule has 0 aromatic carbocycles. The average Bonchev–Trinajstić information content (AvgIpc) is 2.98. The molecule has 2 atom stereocenters. The highest BCUT2D eigenvalue weighted by molar-refractivity contribution is 5.90. The Bertz CT molecular complexity index is 610. The molecular weight excluding hydrogens is 323 g/mol. The van der Waals surface area contributed by atoms with Crippen LogP contribution in [0, 0.1) is 5.41 Å². The highest BCUT2D eigenvalue weighted by atomic mass is 19.4. The summed E-state index contributed by atoms with van der Waals surface area (Å²) >= 11 is 0. The molecule has 24 heavy (non-hydrogen) atoms. The molecule has 2 amide bonds. The van der Waals surface area contributed by atoms with Crippen LogP contribution in [0.15, 0.2) is 18.3 Å². The number of carbonyl (C=O) groups is 1. The van der Waals surface area contributed by atoms with Gasteiger partial charge in [0.2, 0.25) is 0 Å². The fourth-order valence-corrected chi connectivity index (χ4v) is 3.52. The highest BCUT2D eigenvalue weighted by Crippen LogP contribution is 2.42. The summed E-state index contributed by atoms with van der Waals surface area (Å²) in [5.41, 5.74) is -0.781. The van der Waals surface area contributed by atoms with E-state index in [-0.39, 0.29) is 29.3 Å². The lowest BCUT2D eigenvalue weighted by molar-refractivity contribution is -0.141. The topological polar surface area (TPSA) is 54.5 Å². The molecule has 1 aromatic heterocycles. The van der Waals surface area contributed by atoms with Crippen LogP contribution in [-0.4, -0.2) is 41.2 Å². The van der Waals surface area contributed by atoms with E-state index in [1.165, 1.54) is 6.07 Å². The van der Waals surface area contributed by atoms with Crippen molar-refractivity contribution < 1.29 is 22.7 Å². The maximum Gasteiger partial charge on any atom is 0.433 e. The van der Waals surface area contributed by atoms with E-state index >= 15 is 0 Å². The van der Waals surface area contributed by atoms with Gasteiger partial charge in [-0.15, -0.1) is 0 Å². The van der Waals surface area contributed by atoms with E-state index in [2.05, 4.69) is 24.1 Å². The van der Waals surface area contributed by atoms with Crippen molar-refractivity contribution in [3.63, 3.8) is 0 Å². The van der Waals surface area contributed by atoms with E-state index in [4.69, 9.17) is 4.74 Å². The van der Waals surface area contributed by atoms with Gasteiger partial charge in [0.05, 0.1) is 24.0 Å². The zero-order valence-corrected chi connectivity index (χ0v) is 13.6. The smallest absolute Gasteiger partial charge is 0.376 e. The Morgan fingerprint density at radius 2 is 2.17 bits per heavy atom. The molecule has 1 aromatic rings. The SMILES string of the molecule is CC1(C)CN(C(=O)Nc2ccc(C(F)(F)F)nc2)C1C1CCCO1. The van der Waals surface area contributed by atoms with E-state index in [0.717, 1.165) is 25.1 Å². The van der Waals surface area contributed by atoms with Gasteiger partial charge in [0, 0.05) is 18.6 Å². The number of rotatable bonds is 2. The molecule has 2 fully saturated rings. The van der Waals surface area contributed by atoms with Crippen molar-refractivity contribution in [2.75, 3.05) is 18.5 Å². The fourth-order valence-electron chi connectivity index (χ4n) is 3.52. The van der Waals surface area contributed by atoms with Crippen molar-refractivity contribution in [3.8, 4) is 0 Å². The van der Waals surface area contributed by atoms with E-state index in [1.54, 1.807) is 4.90 Å². The predicted molar refractivity (Wildman–Crippen MR) is 81.5 cm³/mol. The molecule has 8 heteroatoms. The molecule has 2 saturated heterocycles. The molecule has 1 N–H and O–H groups in total. The first-order valence-electron chi connectivity index (χ1n) is 7.91. The Hall–Kier alpha value is -1.83. The van der Waals surface area contributed by atoms with Crippen LogP contribution in [0.5, 0.6) is 0 Å². The minimum Gasteiger partial charge on any atom is -0.376 e. The van der Waals surface area contributed by atoms with Gasteiger partial charge >= 0.3 is 12.2 Å². The number of halogens is 3. The zero-order chi connectivity index (χ0) is 17.5. The predicted octanol–water partition coefficient (Wildman–Crippen LogP) is 3.52. The lowest BCUT2D eigenvalue weighted by Gasteiger charge is -2.56. The van der Waals surface area contributed by atoms with Gasteiger partial charge in [0.25, 0.3) is 0 Å². The number of carbonyl (C=O) groups excluding carboxylic acids is 1. The summed E-state index contributed by atoms with van der Waals surface area (Å²) in [5, 5.41) is 2.62. The van der Waals surface area contributed by atoms with E-state index in [9.17, 15) is 18.0 Å². The average molecular weight is 343 g/mol. The van der Waals surface area contributed by atoms with Gasteiger partial charge in [-0.1, -0.05) is 13.8 Å². The van der Waals surface area contributed by atoms with Crippen LogP contribution >= 0.6 is 0 Å². The van der Waals surface area contributed by atoms with Crippen molar-refractivity contribution in [3.05, 3.63) is 24.0 Å². The van der Waals surface area contributed by atoms with Crippen molar-refractivity contribution in [1.29, 1.82) is 0 Å². The molecule has 3 heterocycles. The quantitative estimate of drug-likeness (QED) is 0.894. The van der Waals surface area contributed by atoms with Gasteiger partial charge in [-0.25, -0.2) is 9.78 Å². The van der Waals surface area contributed by atoms with Crippen molar-refractivity contribution in [2.24, 2.45) is 5.41 Å². The Kier molecular flexibility index (Phi) is 4.19. The first-order valence-corrected chi connectivity index (χ1v) is 7.91. The molecule has 0 bridgehead atoms. The Morgan fingerprint density at radius 1 is 1.42 bits per heavy atom. The number of anilines is 1. The first kappa shape index (κ1) is 17.0. The van der Waals surface area contributed by atoms with Crippen LogP contribution in [0.2, 0.25) is 0 Å². The first-order chi connectivity index (χ1) is 11.2. The van der Waals surface area contributed by atoms with Crippen LogP contribution in [0.25, 0.3) is 0 Å². The molecule has 5 nitrogen and oxygen atoms in total. The van der Waals surface area contributed by atoms with Crippen LogP contribution < -0.4 is 5.32 Å². The second kappa shape index (κ2) is 5.91. The lowest BCUT2D eigenvalue weighted by Crippen LogP contribution is -2.68. The summed E-state index contributed by atoms with van der Waals surface area (Å²) in [7, 11) is 0. The molecule has 0 radical (unpaired) electrons. The standard InChI is InChI=1S/C16H20F3N3O2/c1-15(2)9-22(13(15)11-4-3-7-24-11)14(23)21-10-5-6-12(20-8-10)16(17,18)19/h5-6,8,11,13H,3-4,7,9H2,1-2H3,(H,21,23). The Balaban J connectivity index is 1.66. The molecule has 0 aliphatic carbocycles. The number of ether oxygens (including phenoxy) is 1. The van der Waals surface area contributed by atoms with Crippen molar-refractivity contribution in [2.45, 2.75) is 45.0 Å². The monoisotopic (exact) mass is 343 g/mol. The number of hydrogen-bond acceptors (Lipinski definition) is 3. The number of urea groups is 1. The number of hydrogen-bond donors (Lipinski definition) is 1. The van der Waals surface area contributed by atoms with Crippen LogP contribution in [0.4, 0.5) is 23.7 Å². The van der Waals surface area contributed by atoms with Crippen molar-refractivity contribution in [1.82, 2.24) is 9.88 Å². The third-order valence-electron chi connectivity index (χ3n) is 4.60. The van der Waals surface area contributed by atoms with Gasteiger partial charge in [-0.2, -0.15) is 13.2 Å². The normalized spacial score (nSPS) is 26.1. The summed E-state index contributed by atoms with van der Waals surface area (Å²) in [6.07, 6.45) is -1.55.